The minimum absolute atomic E-state index is 0.0262. The highest BCUT2D eigenvalue weighted by Gasteiger charge is 2.52. The Balaban J connectivity index is 1.33. The summed E-state index contributed by atoms with van der Waals surface area (Å²) in [5.41, 5.74) is 2.40. The van der Waals surface area contributed by atoms with Gasteiger partial charge in [-0.15, -0.1) is 0 Å². The van der Waals surface area contributed by atoms with Crippen LogP contribution in [0.1, 0.15) is 36.0 Å². The monoisotopic (exact) mass is 592 g/mol. The lowest BCUT2D eigenvalue weighted by molar-refractivity contribution is 0.487. The first-order valence-corrected chi connectivity index (χ1v) is 15.2. The predicted octanol–water partition coefficient (Wildman–Crippen LogP) is 11.8. The summed E-state index contributed by atoms with van der Waals surface area (Å²) in [5.74, 6) is 0.517. The molecule has 11 rings (SSSR count). The highest BCUT2D eigenvalue weighted by molar-refractivity contribution is 6.07. The van der Waals surface area contributed by atoms with Crippen LogP contribution in [0.15, 0.2) is 157 Å². The van der Waals surface area contributed by atoms with E-state index in [-0.39, 0.29) is 74.9 Å². The Labute approximate surface area is 281 Å². The first kappa shape index (κ1) is 17.0. The van der Waals surface area contributed by atoms with Crippen molar-refractivity contribution in [2.75, 3.05) is 0 Å². The van der Waals surface area contributed by atoms with Gasteiger partial charge in [-0.25, -0.2) is 0 Å². The van der Waals surface area contributed by atoms with Gasteiger partial charge in [-0.2, -0.15) is 0 Å². The van der Waals surface area contributed by atoms with E-state index >= 15 is 0 Å². The quantitative estimate of drug-likeness (QED) is 0.184. The van der Waals surface area contributed by atoms with Crippen molar-refractivity contribution in [1.29, 1.82) is 0 Å². The molecule has 0 N–H and O–H groups in total. The molecule has 1 atom stereocenters. The van der Waals surface area contributed by atoms with Crippen molar-refractivity contribution in [3.63, 3.8) is 0 Å². The van der Waals surface area contributed by atoms with Crippen LogP contribution < -0.4 is 4.74 Å². The molecule has 212 valence electrons. The van der Waals surface area contributed by atoms with Gasteiger partial charge in [-0.05, 0) is 102 Å². The molecule has 8 aromatic rings. The highest BCUT2D eigenvalue weighted by Crippen LogP contribution is 2.64. The van der Waals surface area contributed by atoms with Crippen molar-refractivity contribution < 1.29 is 18.4 Å². The molecule has 8 aromatic carbocycles. The molecule has 1 heterocycles. The van der Waals surface area contributed by atoms with E-state index in [2.05, 4.69) is 0 Å². The van der Waals surface area contributed by atoms with Crippen LogP contribution in [-0.2, 0) is 5.41 Å². The SMILES string of the molecule is [2H]c1c([2H])c([2H])c2c(c1[2H])-c1c([2H])c([2H])c(-c3c([2H])c([2H])c4c(c3[2H])-c3cccc5cccc(c35)O4)c([2H])c1C21c2ccccc2-c2c1ccc1ccccc21. The van der Waals surface area contributed by atoms with E-state index < -0.39 is 35.6 Å². The van der Waals surface area contributed by atoms with Crippen LogP contribution in [-0.4, -0.2) is 0 Å². The van der Waals surface area contributed by atoms with Crippen molar-refractivity contribution in [2.24, 2.45) is 0 Å². The second-order valence-electron chi connectivity index (χ2n) is 12.0. The van der Waals surface area contributed by atoms with Crippen molar-refractivity contribution in [3.05, 3.63) is 180 Å². The predicted molar refractivity (Wildman–Crippen MR) is 189 cm³/mol. The van der Waals surface area contributed by atoms with Gasteiger partial charge in [-0.1, -0.05) is 133 Å². The summed E-state index contributed by atoms with van der Waals surface area (Å²) in [6.07, 6.45) is 0. The topological polar surface area (TPSA) is 9.23 Å². The zero-order chi connectivity index (χ0) is 38.7. The van der Waals surface area contributed by atoms with Crippen molar-refractivity contribution in [2.45, 2.75) is 5.41 Å². The van der Waals surface area contributed by atoms with Crippen LogP contribution in [0, 0.1) is 0 Å². The van der Waals surface area contributed by atoms with E-state index in [9.17, 15) is 11.0 Å². The summed E-state index contributed by atoms with van der Waals surface area (Å²) in [5, 5.41) is 3.45. The molecule has 1 aliphatic heterocycles. The van der Waals surface area contributed by atoms with Crippen LogP contribution in [0.25, 0.3) is 66.1 Å². The number of hydrogen-bond acceptors (Lipinski definition) is 1. The van der Waals surface area contributed by atoms with E-state index in [4.69, 9.17) is 7.48 Å². The maximum Gasteiger partial charge on any atom is 0.135 e. The lowest BCUT2D eigenvalue weighted by Gasteiger charge is -2.31. The molecule has 2 aliphatic carbocycles. The first-order chi connectivity index (χ1) is 27.0. The molecule has 1 unspecified atom stereocenters. The van der Waals surface area contributed by atoms with Gasteiger partial charge in [0.05, 0.1) is 19.1 Å². The maximum absolute atomic E-state index is 10.2. The Morgan fingerprint density at radius 1 is 0.457 bits per heavy atom. The summed E-state index contributed by atoms with van der Waals surface area (Å²) in [4.78, 5) is 0. The number of benzene rings is 8. The normalized spacial score (nSPS) is 19.1. The Morgan fingerprint density at radius 2 is 1.22 bits per heavy atom. The third-order valence-electron chi connectivity index (χ3n) is 9.81. The van der Waals surface area contributed by atoms with Gasteiger partial charge in [0.25, 0.3) is 0 Å². The molecular weight excluding hydrogens is 556 g/mol. The average molecular weight is 593 g/mol. The molecular formula is C45H26O. The van der Waals surface area contributed by atoms with Crippen molar-refractivity contribution in [1.82, 2.24) is 0 Å². The molecule has 0 fully saturated rings. The molecule has 0 amide bonds. The Morgan fingerprint density at radius 3 is 2.20 bits per heavy atom. The van der Waals surface area contributed by atoms with Crippen LogP contribution in [0.4, 0.5) is 0 Å². The molecule has 0 radical (unpaired) electrons. The molecule has 0 bridgehead atoms. The Bertz CT molecular complexity index is 3180. The molecule has 0 aromatic heterocycles. The fourth-order valence-electron chi connectivity index (χ4n) is 7.99. The first-order valence-electron chi connectivity index (χ1n) is 20.2. The van der Waals surface area contributed by atoms with E-state index in [0.717, 1.165) is 32.7 Å². The van der Waals surface area contributed by atoms with Crippen LogP contribution >= 0.6 is 0 Å². The Kier molecular flexibility index (Phi) is 3.18. The van der Waals surface area contributed by atoms with Crippen molar-refractivity contribution in [3.8, 4) is 56.0 Å². The second-order valence-corrected chi connectivity index (χ2v) is 12.0. The third-order valence-corrected chi connectivity index (χ3v) is 9.81. The zero-order valence-corrected chi connectivity index (χ0v) is 24.1. The smallest absolute Gasteiger partial charge is 0.135 e. The molecule has 3 aliphatic rings. The van der Waals surface area contributed by atoms with E-state index in [1.165, 1.54) is 0 Å². The lowest BCUT2D eigenvalue weighted by atomic mass is 9.70. The largest absolute Gasteiger partial charge is 0.456 e. The summed E-state index contributed by atoms with van der Waals surface area (Å²) in [6.45, 7) is 0. The summed E-state index contributed by atoms with van der Waals surface area (Å²) in [7, 11) is 0. The lowest BCUT2D eigenvalue weighted by Crippen LogP contribution is -2.25. The van der Waals surface area contributed by atoms with E-state index in [1.54, 1.807) is 6.07 Å². The standard InChI is InChI=1S/C45H26O/c1-2-12-31-27(9-1)20-23-39-44(31)35-14-4-6-17-38(35)45(39)37-16-5-3-13-32(37)33-22-19-30(26-40(33)45)29-21-24-41-36(25-29)34-15-7-10-28-11-8-18-42(46-41)43(28)34/h1-26H/i3D,5D,13D,16D,19D,21D,22D,24D,25D,26D. The number of hydrogen-bond donors (Lipinski definition) is 0. The van der Waals surface area contributed by atoms with Crippen LogP contribution in [0.5, 0.6) is 11.5 Å². The van der Waals surface area contributed by atoms with E-state index in [1.807, 2.05) is 91.0 Å². The number of fused-ring (bicyclic) bond motifs is 14. The van der Waals surface area contributed by atoms with Gasteiger partial charge >= 0.3 is 0 Å². The molecule has 0 saturated carbocycles. The summed E-state index contributed by atoms with van der Waals surface area (Å²) >= 11 is 0. The molecule has 46 heavy (non-hydrogen) atoms. The maximum atomic E-state index is 10.2. The van der Waals surface area contributed by atoms with E-state index in [0.29, 0.717) is 22.4 Å². The zero-order valence-electron chi connectivity index (χ0n) is 34.1. The number of ether oxygens (including phenoxy) is 1. The highest BCUT2D eigenvalue weighted by atomic mass is 16.5. The fourth-order valence-corrected chi connectivity index (χ4v) is 7.99. The van der Waals surface area contributed by atoms with Gasteiger partial charge in [0.1, 0.15) is 11.5 Å². The van der Waals surface area contributed by atoms with Gasteiger partial charge in [0.15, 0.2) is 0 Å². The third kappa shape index (κ3) is 2.91. The van der Waals surface area contributed by atoms with Crippen LogP contribution in [0.3, 0.4) is 0 Å². The van der Waals surface area contributed by atoms with Gasteiger partial charge in [0, 0.05) is 10.9 Å². The summed E-state index contributed by atoms with van der Waals surface area (Å²) in [6, 6.07) is 26.7. The summed E-state index contributed by atoms with van der Waals surface area (Å²) < 4.78 is 100. The van der Waals surface area contributed by atoms with Gasteiger partial charge in [0.2, 0.25) is 0 Å². The minimum atomic E-state index is -1.54. The van der Waals surface area contributed by atoms with Gasteiger partial charge in [-0.3, -0.25) is 0 Å². The van der Waals surface area contributed by atoms with Crippen LogP contribution in [0.2, 0.25) is 0 Å². The van der Waals surface area contributed by atoms with Crippen molar-refractivity contribution >= 4 is 21.5 Å². The number of rotatable bonds is 1. The molecule has 0 saturated heterocycles. The Hall–Kier alpha value is -5.92. The van der Waals surface area contributed by atoms with Gasteiger partial charge < -0.3 is 4.74 Å². The molecule has 1 spiro atoms. The minimum Gasteiger partial charge on any atom is -0.456 e. The fraction of sp³-hybridized carbons (Fsp3) is 0.0222. The average Bonchev–Trinajstić information content (AvgIpc) is 3.70. The molecule has 1 heteroatoms. The second kappa shape index (κ2) is 8.62. The molecule has 1 nitrogen and oxygen atoms in total.